The highest BCUT2D eigenvalue weighted by molar-refractivity contribution is 5.76. The number of nitrogens with zero attached hydrogens (tertiary/aromatic N) is 1. The van der Waals surface area contributed by atoms with E-state index >= 15 is 0 Å². The van der Waals surface area contributed by atoms with Crippen LogP contribution in [0, 0.1) is 5.92 Å². The van der Waals surface area contributed by atoms with E-state index in [1.165, 1.54) is 0 Å². The first-order valence-corrected chi connectivity index (χ1v) is 6.80. The van der Waals surface area contributed by atoms with Gasteiger partial charge < -0.3 is 15.6 Å². The number of aromatic amines is 1. The van der Waals surface area contributed by atoms with Gasteiger partial charge in [0, 0.05) is 31.8 Å². The molecular weight excluding hydrogens is 228 g/mol. The molecule has 3 N–H and O–H groups in total. The summed E-state index contributed by atoms with van der Waals surface area (Å²) in [5.74, 6) is 1.75. The van der Waals surface area contributed by atoms with Gasteiger partial charge in [-0.05, 0) is 38.3 Å². The summed E-state index contributed by atoms with van der Waals surface area (Å²) in [7, 11) is 0. The first kappa shape index (κ1) is 13.1. The van der Waals surface area contributed by atoms with Crippen LogP contribution >= 0.6 is 0 Å². The Balaban J connectivity index is 1.54. The maximum absolute atomic E-state index is 11.7. The number of imidazole rings is 1. The highest BCUT2D eigenvalue weighted by atomic mass is 16.1. The summed E-state index contributed by atoms with van der Waals surface area (Å²) in [5, 5.41) is 6.31. The average Bonchev–Trinajstić information content (AvgIpc) is 2.89. The molecule has 1 aromatic heterocycles. The van der Waals surface area contributed by atoms with Crippen molar-refractivity contribution in [3.05, 3.63) is 18.2 Å². The zero-order valence-electron chi connectivity index (χ0n) is 10.7. The van der Waals surface area contributed by atoms with E-state index in [2.05, 4.69) is 20.6 Å². The predicted octanol–water partition coefficient (Wildman–Crippen LogP) is 0.848. The second-order valence-electron chi connectivity index (χ2n) is 4.89. The largest absolute Gasteiger partial charge is 0.356 e. The minimum absolute atomic E-state index is 0.196. The van der Waals surface area contributed by atoms with Gasteiger partial charge in [-0.3, -0.25) is 4.79 Å². The fourth-order valence-corrected chi connectivity index (χ4v) is 2.34. The molecule has 2 heterocycles. The molecule has 0 atom stereocenters. The maximum atomic E-state index is 11.7. The van der Waals surface area contributed by atoms with Gasteiger partial charge in [-0.1, -0.05) is 0 Å². The summed E-state index contributed by atoms with van der Waals surface area (Å²) in [5.41, 5.74) is 0. The normalized spacial score (nSPS) is 16.7. The van der Waals surface area contributed by atoms with Gasteiger partial charge in [0.2, 0.25) is 5.91 Å². The minimum atomic E-state index is 0.196. The smallest absolute Gasteiger partial charge is 0.220 e. The summed E-state index contributed by atoms with van der Waals surface area (Å²) >= 11 is 0. The lowest BCUT2D eigenvalue weighted by atomic mass is 9.94. The number of nitrogens with one attached hydrogen (secondary N) is 3. The third kappa shape index (κ3) is 4.49. The molecule has 0 aromatic carbocycles. The Morgan fingerprint density at radius 1 is 1.44 bits per heavy atom. The number of hydrogen-bond donors (Lipinski definition) is 3. The Morgan fingerprint density at radius 2 is 2.28 bits per heavy atom. The van der Waals surface area contributed by atoms with E-state index in [0.717, 1.165) is 51.1 Å². The molecule has 100 valence electrons. The van der Waals surface area contributed by atoms with Gasteiger partial charge in [-0.2, -0.15) is 0 Å². The van der Waals surface area contributed by atoms with E-state index in [1.807, 2.05) is 6.20 Å². The Morgan fingerprint density at radius 3 is 3.00 bits per heavy atom. The molecule has 1 fully saturated rings. The van der Waals surface area contributed by atoms with Crippen molar-refractivity contribution >= 4 is 5.91 Å². The van der Waals surface area contributed by atoms with Gasteiger partial charge in [0.15, 0.2) is 0 Å². The lowest BCUT2D eigenvalue weighted by Gasteiger charge is -2.21. The van der Waals surface area contributed by atoms with Gasteiger partial charge in [0.25, 0.3) is 0 Å². The molecule has 5 nitrogen and oxygen atoms in total. The molecule has 1 amide bonds. The van der Waals surface area contributed by atoms with Gasteiger partial charge in [0.05, 0.1) is 0 Å². The van der Waals surface area contributed by atoms with Crippen molar-refractivity contribution in [1.82, 2.24) is 20.6 Å². The number of carbonyl (C=O) groups excluding carboxylic acids is 1. The van der Waals surface area contributed by atoms with Crippen LogP contribution in [0.2, 0.25) is 0 Å². The third-order valence-corrected chi connectivity index (χ3v) is 3.40. The molecule has 0 aliphatic carbocycles. The summed E-state index contributed by atoms with van der Waals surface area (Å²) in [4.78, 5) is 18.9. The second kappa shape index (κ2) is 7.16. The number of aryl methyl sites for hydroxylation is 1. The monoisotopic (exact) mass is 250 g/mol. The first-order chi connectivity index (χ1) is 8.84. The van der Waals surface area contributed by atoms with E-state index < -0.39 is 0 Å². The summed E-state index contributed by atoms with van der Waals surface area (Å²) in [6, 6.07) is 0. The maximum Gasteiger partial charge on any atom is 0.220 e. The number of piperidine rings is 1. The molecule has 5 heteroatoms. The number of hydrogen-bond acceptors (Lipinski definition) is 3. The zero-order chi connectivity index (χ0) is 12.6. The summed E-state index contributed by atoms with van der Waals surface area (Å²) in [6.45, 7) is 2.84. The molecule has 0 spiro atoms. The highest BCUT2D eigenvalue weighted by Crippen LogP contribution is 2.15. The highest BCUT2D eigenvalue weighted by Gasteiger charge is 2.16. The predicted molar refractivity (Wildman–Crippen MR) is 70.1 cm³/mol. The van der Waals surface area contributed by atoms with E-state index in [1.54, 1.807) is 6.20 Å². The van der Waals surface area contributed by atoms with Crippen molar-refractivity contribution in [3.8, 4) is 0 Å². The SMILES string of the molecule is O=C(CC1CCNCC1)NCCCc1ncc[nH]1. The Bertz CT molecular complexity index is 344. The van der Waals surface area contributed by atoms with Crippen molar-refractivity contribution in [3.63, 3.8) is 0 Å². The number of aromatic nitrogens is 2. The van der Waals surface area contributed by atoms with E-state index in [0.29, 0.717) is 12.3 Å². The second-order valence-corrected chi connectivity index (χ2v) is 4.89. The van der Waals surface area contributed by atoms with Gasteiger partial charge in [-0.15, -0.1) is 0 Å². The lowest BCUT2D eigenvalue weighted by molar-refractivity contribution is -0.122. The Hall–Kier alpha value is -1.36. The van der Waals surface area contributed by atoms with Crippen molar-refractivity contribution in [2.24, 2.45) is 5.92 Å². The van der Waals surface area contributed by atoms with Gasteiger partial charge in [0.1, 0.15) is 5.82 Å². The average molecular weight is 250 g/mol. The molecule has 18 heavy (non-hydrogen) atoms. The van der Waals surface area contributed by atoms with Crippen LogP contribution in [0.3, 0.4) is 0 Å². The number of amides is 1. The molecule has 1 aromatic rings. The number of H-pyrrole nitrogens is 1. The van der Waals surface area contributed by atoms with Crippen molar-refractivity contribution in [1.29, 1.82) is 0 Å². The summed E-state index contributed by atoms with van der Waals surface area (Å²) in [6.07, 6.45) is 8.34. The minimum Gasteiger partial charge on any atom is -0.356 e. The quantitative estimate of drug-likeness (QED) is 0.656. The lowest BCUT2D eigenvalue weighted by Crippen LogP contribution is -2.32. The van der Waals surface area contributed by atoms with Crippen LogP contribution in [-0.2, 0) is 11.2 Å². The van der Waals surface area contributed by atoms with Gasteiger partial charge >= 0.3 is 0 Å². The van der Waals surface area contributed by atoms with Crippen LogP contribution < -0.4 is 10.6 Å². The molecule has 1 saturated heterocycles. The van der Waals surface area contributed by atoms with E-state index in [4.69, 9.17) is 0 Å². The molecule has 0 radical (unpaired) electrons. The zero-order valence-corrected chi connectivity index (χ0v) is 10.7. The topological polar surface area (TPSA) is 69.8 Å². The van der Waals surface area contributed by atoms with Crippen LogP contribution in [0.4, 0.5) is 0 Å². The fraction of sp³-hybridized carbons (Fsp3) is 0.692. The van der Waals surface area contributed by atoms with Crippen LogP contribution in [0.15, 0.2) is 12.4 Å². The molecule has 1 aliphatic rings. The third-order valence-electron chi connectivity index (χ3n) is 3.40. The van der Waals surface area contributed by atoms with Crippen LogP contribution in [0.1, 0.15) is 31.5 Å². The number of rotatable bonds is 6. The molecule has 0 bridgehead atoms. The van der Waals surface area contributed by atoms with Crippen LogP contribution in [-0.4, -0.2) is 35.5 Å². The van der Waals surface area contributed by atoms with Crippen LogP contribution in [0.5, 0.6) is 0 Å². The molecule has 0 saturated carbocycles. The van der Waals surface area contributed by atoms with Crippen molar-refractivity contribution < 1.29 is 4.79 Å². The molecular formula is C13H22N4O. The summed E-state index contributed by atoms with van der Waals surface area (Å²) < 4.78 is 0. The molecule has 0 unspecified atom stereocenters. The first-order valence-electron chi connectivity index (χ1n) is 6.80. The Labute approximate surface area is 108 Å². The fourth-order valence-electron chi connectivity index (χ4n) is 2.34. The van der Waals surface area contributed by atoms with E-state index in [9.17, 15) is 4.79 Å². The van der Waals surface area contributed by atoms with E-state index in [-0.39, 0.29) is 5.91 Å². The standard InChI is InChI=1S/C13H22N4O/c18-13(10-11-3-6-14-7-4-11)17-5-1-2-12-15-8-9-16-12/h8-9,11,14H,1-7,10H2,(H,15,16)(H,17,18). The molecule has 2 rings (SSSR count). The van der Waals surface area contributed by atoms with Crippen LogP contribution in [0.25, 0.3) is 0 Å². The number of carbonyl (C=O) groups is 1. The van der Waals surface area contributed by atoms with Crippen molar-refractivity contribution in [2.45, 2.75) is 32.1 Å². The van der Waals surface area contributed by atoms with Gasteiger partial charge in [-0.25, -0.2) is 4.98 Å². The Kier molecular flexibility index (Phi) is 5.20. The van der Waals surface area contributed by atoms with Crippen molar-refractivity contribution in [2.75, 3.05) is 19.6 Å². The molecule has 1 aliphatic heterocycles.